The van der Waals surface area contributed by atoms with Gasteiger partial charge in [-0.1, -0.05) is 35.5 Å². The Hall–Kier alpha value is -2.04. The average Bonchev–Trinajstić information content (AvgIpc) is 2.78. The lowest BCUT2D eigenvalue weighted by atomic mass is 9.90. The van der Waals surface area contributed by atoms with Crippen molar-refractivity contribution in [1.29, 1.82) is 0 Å². The summed E-state index contributed by atoms with van der Waals surface area (Å²) in [5.74, 6) is 0. The number of ether oxygens (including phenoxy) is 1. The third-order valence-electron chi connectivity index (χ3n) is 3.39. The fourth-order valence-electron chi connectivity index (χ4n) is 2.46. The van der Waals surface area contributed by atoms with Crippen LogP contribution in [0.4, 0.5) is 4.79 Å². The van der Waals surface area contributed by atoms with Crippen molar-refractivity contribution in [3.8, 4) is 0 Å². The molecule has 0 atom stereocenters. The molecule has 0 N–H and O–H groups in total. The largest absolute Gasteiger partial charge is 0.445 e. The van der Waals surface area contributed by atoms with Crippen LogP contribution in [0.25, 0.3) is 0 Å². The maximum atomic E-state index is 11.8. The Morgan fingerprint density at radius 3 is 2.79 bits per heavy atom. The Morgan fingerprint density at radius 1 is 1.42 bits per heavy atom. The van der Waals surface area contributed by atoms with Gasteiger partial charge in [0.1, 0.15) is 6.61 Å². The van der Waals surface area contributed by atoms with E-state index in [0.29, 0.717) is 19.7 Å². The molecule has 0 aromatic heterocycles. The van der Waals surface area contributed by atoms with Gasteiger partial charge in [-0.25, -0.2) is 4.79 Å². The summed E-state index contributed by atoms with van der Waals surface area (Å²) in [6.07, 6.45) is 0.512. The molecule has 0 bridgehead atoms. The molecule has 2 aliphatic heterocycles. The quantitative estimate of drug-likeness (QED) is 0.819. The molecule has 19 heavy (non-hydrogen) atoms. The maximum absolute atomic E-state index is 11.8. The van der Waals surface area contributed by atoms with Crippen molar-refractivity contribution in [3.05, 3.63) is 35.9 Å². The van der Waals surface area contributed by atoms with Crippen LogP contribution in [0, 0.1) is 0 Å². The summed E-state index contributed by atoms with van der Waals surface area (Å²) in [4.78, 5) is 18.9. The lowest BCUT2D eigenvalue weighted by Crippen LogP contribution is -2.63. The van der Waals surface area contributed by atoms with Gasteiger partial charge >= 0.3 is 6.09 Å². The number of oxime groups is 1. The molecule has 1 amide bonds. The van der Waals surface area contributed by atoms with E-state index in [-0.39, 0.29) is 11.7 Å². The van der Waals surface area contributed by atoms with E-state index in [0.717, 1.165) is 17.7 Å². The molecule has 1 aromatic carbocycles. The van der Waals surface area contributed by atoms with Crippen molar-refractivity contribution in [2.75, 3.05) is 13.1 Å². The number of hydrogen-bond acceptors (Lipinski definition) is 4. The summed E-state index contributed by atoms with van der Waals surface area (Å²) in [6.45, 7) is 3.35. The average molecular weight is 260 g/mol. The van der Waals surface area contributed by atoms with Gasteiger partial charge in [-0.2, -0.15) is 0 Å². The van der Waals surface area contributed by atoms with E-state index in [2.05, 4.69) is 5.16 Å². The molecule has 5 nitrogen and oxygen atoms in total. The van der Waals surface area contributed by atoms with E-state index in [4.69, 9.17) is 9.57 Å². The number of likely N-dealkylation sites (tertiary alicyclic amines) is 1. The number of benzene rings is 1. The minimum absolute atomic E-state index is 0.282. The Kier molecular flexibility index (Phi) is 2.89. The summed E-state index contributed by atoms with van der Waals surface area (Å²) < 4.78 is 5.26. The zero-order chi connectivity index (χ0) is 13.3. The molecule has 0 saturated carbocycles. The molecule has 5 heteroatoms. The number of rotatable bonds is 2. The minimum Gasteiger partial charge on any atom is -0.445 e. The van der Waals surface area contributed by atoms with Gasteiger partial charge in [0, 0.05) is 6.42 Å². The van der Waals surface area contributed by atoms with Crippen LogP contribution in [0.3, 0.4) is 0 Å². The van der Waals surface area contributed by atoms with Crippen LogP contribution in [0.5, 0.6) is 0 Å². The van der Waals surface area contributed by atoms with Crippen molar-refractivity contribution in [1.82, 2.24) is 4.90 Å². The highest BCUT2D eigenvalue weighted by Crippen LogP contribution is 2.33. The number of nitrogens with zero attached hydrogens (tertiary/aromatic N) is 2. The molecule has 0 unspecified atom stereocenters. The van der Waals surface area contributed by atoms with Crippen LogP contribution in [0.1, 0.15) is 18.9 Å². The number of amides is 1. The van der Waals surface area contributed by atoms with E-state index in [1.807, 2.05) is 37.3 Å². The second-order valence-electron chi connectivity index (χ2n) is 5.17. The molecule has 0 aliphatic carbocycles. The second-order valence-corrected chi connectivity index (χ2v) is 5.17. The lowest BCUT2D eigenvalue weighted by molar-refractivity contribution is -0.117. The zero-order valence-corrected chi connectivity index (χ0v) is 10.8. The van der Waals surface area contributed by atoms with Gasteiger partial charge in [-0.05, 0) is 12.5 Å². The first kappa shape index (κ1) is 12.0. The van der Waals surface area contributed by atoms with Crippen LogP contribution in [-0.2, 0) is 16.2 Å². The summed E-state index contributed by atoms with van der Waals surface area (Å²) in [5, 5.41) is 3.94. The SMILES string of the molecule is CC1=NOC2(C1)CN(C(=O)OCc1ccccc1)C2. The second kappa shape index (κ2) is 4.57. The smallest absolute Gasteiger partial charge is 0.410 e. The van der Waals surface area contributed by atoms with E-state index < -0.39 is 0 Å². The molecular formula is C14H16N2O3. The van der Waals surface area contributed by atoms with Gasteiger partial charge in [0.2, 0.25) is 0 Å². The molecule has 1 saturated heterocycles. The van der Waals surface area contributed by atoms with Gasteiger partial charge in [-0.15, -0.1) is 0 Å². The monoisotopic (exact) mass is 260 g/mol. The van der Waals surface area contributed by atoms with Crippen molar-refractivity contribution >= 4 is 11.8 Å². The fourth-order valence-corrected chi connectivity index (χ4v) is 2.46. The van der Waals surface area contributed by atoms with Crippen molar-refractivity contribution < 1.29 is 14.4 Å². The number of hydrogen-bond donors (Lipinski definition) is 0. The Bertz CT molecular complexity index is 507. The third kappa shape index (κ3) is 2.41. The van der Waals surface area contributed by atoms with Gasteiger partial charge in [0.15, 0.2) is 5.60 Å². The van der Waals surface area contributed by atoms with Crippen molar-refractivity contribution in [2.45, 2.75) is 25.6 Å². The molecule has 2 aliphatic rings. The van der Waals surface area contributed by atoms with E-state index in [1.54, 1.807) is 4.90 Å². The van der Waals surface area contributed by atoms with Crippen molar-refractivity contribution in [3.63, 3.8) is 0 Å². The first-order valence-electron chi connectivity index (χ1n) is 6.34. The van der Waals surface area contributed by atoms with Crippen LogP contribution in [-0.4, -0.2) is 35.4 Å². The molecule has 1 spiro atoms. The number of carbonyl (C=O) groups is 1. The number of carbonyl (C=O) groups excluding carboxylic acids is 1. The predicted octanol–water partition coefficient (Wildman–Crippen LogP) is 2.17. The van der Waals surface area contributed by atoms with Gasteiger partial charge in [0.05, 0.1) is 18.8 Å². The Morgan fingerprint density at radius 2 is 2.16 bits per heavy atom. The first-order chi connectivity index (χ1) is 9.17. The highest BCUT2D eigenvalue weighted by Gasteiger charge is 2.51. The topological polar surface area (TPSA) is 51.1 Å². The summed E-state index contributed by atoms with van der Waals surface area (Å²) in [5.41, 5.74) is 1.69. The highest BCUT2D eigenvalue weighted by molar-refractivity contribution is 5.84. The van der Waals surface area contributed by atoms with Gasteiger partial charge in [0.25, 0.3) is 0 Å². The molecule has 1 fully saturated rings. The van der Waals surface area contributed by atoms with Gasteiger partial charge in [-0.3, -0.25) is 4.90 Å². The molecular weight excluding hydrogens is 244 g/mol. The molecule has 2 heterocycles. The summed E-state index contributed by atoms with van der Waals surface area (Å²) >= 11 is 0. The highest BCUT2D eigenvalue weighted by atomic mass is 16.7. The molecule has 1 aromatic rings. The third-order valence-corrected chi connectivity index (χ3v) is 3.39. The zero-order valence-electron chi connectivity index (χ0n) is 10.8. The van der Waals surface area contributed by atoms with Crippen LogP contribution in [0.2, 0.25) is 0 Å². The maximum Gasteiger partial charge on any atom is 0.410 e. The van der Waals surface area contributed by atoms with Gasteiger partial charge < -0.3 is 9.57 Å². The molecule has 3 rings (SSSR count). The Balaban J connectivity index is 1.46. The molecule has 0 radical (unpaired) electrons. The predicted molar refractivity (Wildman–Crippen MR) is 69.7 cm³/mol. The van der Waals surface area contributed by atoms with Crippen LogP contribution < -0.4 is 0 Å². The van der Waals surface area contributed by atoms with E-state index in [9.17, 15) is 4.79 Å². The Labute approximate surface area is 111 Å². The summed E-state index contributed by atoms with van der Waals surface area (Å²) in [7, 11) is 0. The minimum atomic E-state index is -0.289. The van der Waals surface area contributed by atoms with E-state index >= 15 is 0 Å². The van der Waals surface area contributed by atoms with Crippen LogP contribution >= 0.6 is 0 Å². The summed E-state index contributed by atoms with van der Waals surface area (Å²) in [6, 6.07) is 9.65. The normalized spacial score (nSPS) is 19.6. The van der Waals surface area contributed by atoms with E-state index in [1.165, 1.54) is 0 Å². The van der Waals surface area contributed by atoms with Crippen LogP contribution in [0.15, 0.2) is 35.5 Å². The standard InChI is InChI=1S/C14H16N2O3/c1-11-7-14(19-15-11)9-16(10-14)13(17)18-8-12-5-3-2-4-6-12/h2-6H,7-10H2,1H3. The molecule has 100 valence electrons. The lowest BCUT2D eigenvalue weighted by Gasteiger charge is -2.44. The fraction of sp³-hybridized carbons (Fsp3) is 0.429. The first-order valence-corrected chi connectivity index (χ1v) is 6.34. The van der Waals surface area contributed by atoms with Crippen molar-refractivity contribution in [2.24, 2.45) is 5.16 Å².